The number of benzene rings is 1. The van der Waals surface area contributed by atoms with Gasteiger partial charge in [-0.2, -0.15) is 0 Å². The van der Waals surface area contributed by atoms with Crippen molar-refractivity contribution in [3.63, 3.8) is 0 Å². The number of fused-ring (bicyclic) bond motifs is 1. The van der Waals surface area contributed by atoms with E-state index in [-0.39, 0.29) is 5.97 Å². The molecule has 1 aliphatic carbocycles. The number of methoxy groups -OCH3 is 2. The van der Waals surface area contributed by atoms with Crippen LogP contribution in [0.3, 0.4) is 0 Å². The van der Waals surface area contributed by atoms with Crippen molar-refractivity contribution in [3.8, 4) is 0 Å². The highest BCUT2D eigenvalue weighted by Crippen LogP contribution is 2.45. The molecular weight excluding hydrogens is 274 g/mol. The fourth-order valence-corrected chi connectivity index (χ4v) is 3.69. The van der Waals surface area contributed by atoms with Crippen molar-refractivity contribution in [3.05, 3.63) is 51.5 Å². The zero-order valence-corrected chi connectivity index (χ0v) is 12.2. The van der Waals surface area contributed by atoms with E-state index in [1.54, 1.807) is 30.7 Å². The smallest absolute Gasteiger partial charge is 0.337 e. The Bertz CT molecular complexity index is 639. The molecule has 0 amide bonds. The van der Waals surface area contributed by atoms with Crippen LogP contribution in [0.1, 0.15) is 32.9 Å². The molecule has 1 aliphatic rings. The predicted molar refractivity (Wildman–Crippen MR) is 76.0 cm³/mol. The summed E-state index contributed by atoms with van der Waals surface area (Å²) in [7, 11) is 3.11. The van der Waals surface area contributed by atoms with Crippen LogP contribution in [0, 0.1) is 0 Å². The highest BCUT2D eigenvalue weighted by Gasteiger charge is 2.42. The van der Waals surface area contributed by atoms with Crippen molar-refractivity contribution >= 4 is 17.3 Å². The van der Waals surface area contributed by atoms with E-state index in [9.17, 15) is 4.79 Å². The highest BCUT2D eigenvalue weighted by molar-refractivity contribution is 7.09. The van der Waals surface area contributed by atoms with E-state index in [2.05, 4.69) is 4.98 Å². The van der Waals surface area contributed by atoms with Gasteiger partial charge in [0.2, 0.25) is 0 Å². The summed E-state index contributed by atoms with van der Waals surface area (Å²) in [4.78, 5) is 16.0. The first kappa shape index (κ1) is 13.3. The first-order valence-electron chi connectivity index (χ1n) is 6.38. The van der Waals surface area contributed by atoms with Crippen molar-refractivity contribution in [2.24, 2.45) is 0 Å². The molecule has 0 bridgehead atoms. The topological polar surface area (TPSA) is 48.4 Å². The van der Waals surface area contributed by atoms with E-state index in [0.29, 0.717) is 5.56 Å². The van der Waals surface area contributed by atoms with Crippen molar-refractivity contribution in [2.45, 2.75) is 18.4 Å². The first-order valence-corrected chi connectivity index (χ1v) is 7.26. The Labute approximate surface area is 121 Å². The molecule has 0 spiro atoms. The van der Waals surface area contributed by atoms with Gasteiger partial charge < -0.3 is 9.47 Å². The quantitative estimate of drug-likeness (QED) is 0.815. The summed E-state index contributed by atoms with van der Waals surface area (Å²) in [5.41, 5.74) is 2.34. The molecule has 0 saturated heterocycles. The summed E-state index contributed by atoms with van der Waals surface area (Å²) < 4.78 is 10.6. The molecule has 20 heavy (non-hydrogen) atoms. The van der Waals surface area contributed by atoms with Crippen LogP contribution in [-0.4, -0.2) is 25.2 Å². The number of hydrogen-bond acceptors (Lipinski definition) is 5. The summed E-state index contributed by atoms with van der Waals surface area (Å²) in [6.07, 6.45) is 3.51. The van der Waals surface area contributed by atoms with Gasteiger partial charge in [0.25, 0.3) is 0 Å². The molecule has 3 rings (SSSR count). The molecule has 4 nitrogen and oxygen atoms in total. The summed E-state index contributed by atoms with van der Waals surface area (Å²) >= 11 is 1.59. The number of aromatic nitrogens is 1. The molecule has 1 aromatic heterocycles. The molecule has 0 N–H and O–H groups in total. The molecule has 1 unspecified atom stereocenters. The third-order valence-electron chi connectivity index (χ3n) is 3.83. The van der Waals surface area contributed by atoms with E-state index >= 15 is 0 Å². The number of carbonyl (C=O) groups is 1. The Morgan fingerprint density at radius 3 is 2.90 bits per heavy atom. The largest absolute Gasteiger partial charge is 0.465 e. The Morgan fingerprint density at radius 2 is 2.25 bits per heavy atom. The zero-order chi connectivity index (χ0) is 14.2. The second-order valence-corrected chi connectivity index (χ2v) is 5.63. The lowest BCUT2D eigenvalue weighted by atomic mass is 9.95. The number of rotatable bonds is 3. The van der Waals surface area contributed by atoms with Crippen LogP contribution in [-0.2, 0) is 21.5 Å². The molecule has 0 aliphatic heterocycles. The summed E-state index contributed by atoms with van der Waals surface area (Å²) in [5, 5.41) is 2.92. The number of thiazole rings is 1. The number of ether oxygens (including phenoxy) is 2. The average Bonchev–Trinajstić information content (AvgIpc) is 3.13. The van der Waals surface area contributed by atoms with Crippen molar-refractivity contribution in [1.29, 1.82) is 0 Å². The third kappa shape index (κ3) is 1.85. The summed E-state index contributed by atoms with van der Waals surface area (Å²) in [6, 6.07) is 5.65. The Balaban J connectivity index is 2.08. The first-order chi connectivity index (χ1) is 9.71. The van der Waals surface area contributed by atoms with Crippen molar-refractivity contribution in [1.82, 2.24) is 4.98 Å². The van der Waals surface area contributed by atoms with Gasteiger partial charge in [0, 0.05) is 18.7 Å². The summed E-state index contributed by atoms with van der Waals surface area (Å²) in [6.45, 7) is 0. The number of hydrogen-bond donors (Lipinski definition) is 0. The Morgan fingerprint density at radius 1 is 1.40 bits per heavy atom. The molecule has 0 radical (unpaired) electrons. The van der Waals surface area contributed by atoms with Gasteiger partial charge in [0.15, 0.2) is 0 Å². The second kappa shape index (κ2) is 5.00. The van der Waals surface area contributed by atoms with E-state index in [1.807, 2.05) is 17.5 Å². The maximum atomic E-state index is 11.6. The number of carbonyl (C=O) groups excluding carboxylic acids is 1. The van der Waals surface area contributed by atoms with E-state index in [4.69, 9.17) is 9.47 Å². The second-order valence-electron chi connectivity index (χ2n) is 4.73. The van der Waals surface area contributed by atoms with E-state index in [1.165, 1.54) is 7.11 Å². The fourth-order valence-electron chi connectivity index (χ4n) is 2.83. The normalized spacial score (nSPS) is 20.7. The molecule has 1 heterocycles. The highest BCUT2D eigenvalue weighted by atomic mass is 32.1. The maximum absolute atomic E-state index is 11.6. The van der Waals surface area contributed by atoms with Crippen LogP contribution in [0.25, 0.3) is 0 Å². The fraction of sp³-hybridized carbons (Fsp3) is 0.333. The number of nitrogens with zero attached hydrogens (tertiary/aromatic N) is 1. The number of aryl methyl sites for hydroxylation is 1. The molecule has 104 valence electrons. The van der Waals surface area contributed by atoms with Crippen LogP contribution in [0.4, 0.5) is 0 Å². The van der Waals surface area contributed by atoms with Crippen LogP contribution in [0.5, 0.6) is 0 Å². The third-order valence-corrected chi connectivity index (χ3v) is 4.75. The predicted octanol–water partition coefficient (Wildman–Crippen LogP) is 2.77. The van der Waals surface area contributed by atoms with Gasteiger partial charge in [-0.25, -0.2) is 9.78 Å². The SMILES string of the molecule is COC(=O)c1ccc2c(c1)CCC2(OC)c1nccs1. The van der Waals surface area contributed by atoms with Gasteiger partial charge in [-0.05, 0) is 36.1 Å². The molecular formula is C15H15NO3S. The average molecular weight is 289 g/mol. The van der Waals surface area contributed by atoms with Crippen molar-refractivity contribution in [2.75, 3.05) is 14.2 Å². The zero-order valence-electron chi connectivity index (χ0n) is 11.4. The van der Waals surface area contributed by atoms with Gasteiger partial charge in [-0.1, -0.05) is 6.07 Å². The van der Waals surface area contributed by atoms with Gasteiger partial charge in [0.05, 0.1) is 12.7 Å². The lowest BCUT2D eigenvalue weighted by molar-refractivity contribution is 0.0236. The van der Waals surface area contributed by atoms with E-state index < -0.39 is 5.60 Å². The van der Waals surface area contributed by atoms with Gasteiger partial charge in [0.1, 0.15) is 10.6 Å². The molecule has 5 heteroatoms. The number of esters is 1. The van der Waals surface area contributed by atoms with E-state index in [0.717, 1.165) is 29.0 Å². The molecule has 2 aromatic rings. The minimum atomic E-state index is -0.474. The van der Waals surface area contributed by atoms with Gasteiger partial charge in [-0.3, -0.25) is 0 Å². The van der Waals surface area contributed by atoms with Crippen LogP contribution in [0.15, 0.2) is 29.8 Å². The summed E-state index contributed by atoms with van der Waals surface area (Å²) in [5.74, 6) is -0.308. The monoisotopic (exact) mass is 289 g/mol. The maximum Gasteiger partial charge on any atom is 0.337 e. The van der Waals surface area contributed by atoms with Gasteiger partial charge >= 0.3 is 5.97 Å². The minimum absolute atomic E-state index is 0.308. The van der Waals surface area contributed by atoms with Crippen LogP contribution in [0.2, 0.25) is 0 Å². The standard InChI is InChI=1S/C15H15NO3S/c1-18-13(17)11-3-4-12-10(9-11)5-6-15(12,19-2)14-16-7-8-20-14/h3-4,7-9H,5-6H2,1-2H3. The lowest BCUT2D eigenvalue weighted by Crippen LogP contribution is -2.26. The molecule has 1 atom stereocenters. The molecule has 0 saturated carbocycles. The Kier molecular flexibility index (Phi) is 3.31. The van der Waals surface area contributed by atoms with Crippen LogP contribution >= 0.6 is 11.3 Å². The van der Waals surface area contributed by atoms with Crippen LogP contribution < -0.4 is 0 Å². The van der Waals surface area contributed by atoms with Gasteiger partial charge in [-0.15, -0.1) is 11.3 Å². The lowest BCUT2D eigenvalue weighted by Gasteiger charge is -2.26. The molecule has 0 fully saturated rings. The minimum Gasteiger partial charge on any atom is -0.465 e. The Hall–Kier alpha value is -1.72. The van der Waals surface area contributed by atoms with Crippen molar-refractivity contribution < 1.29 is 14.3 Å². The molecule has 1 aromatic carbocycles.